The standard InChI is InChI=1S/C16H21N5/c1-13-11-15(21-9-5-2-6-10-21)20-16(19-13)18-12-14-7-3-4-8-17-14/h3-4,7-8,11H,2,5-6,9-10,12H2,1H3,(H,18,19,20). The lowest BCUT2D eigenvalue weighted by Crippen LogP contribution is -2.30. The summed E-state index contributed by atoms with van der Waals surface area (Å²) in [5.74, 6) is 1.71. The van der Waals surface area contributed by atoms with Gasteiger partial charge in [0.15, 0.2) is 0 Å². The Labute approximate surface area is 125 Å². The first-order chi connectivity index (χ1) is 10.3. The molecule has 1 N–H and O–H groups in total. The van der Waals surface area contributed by atoms with Crippen molar-refractivity contribution < 1.29 is 0 Å². The van der Waals surface area contributed by atoms with E-state index in [2.05, 4.69) is 31.2 Å². The zero-order chi connectivity index (χ0) is 14.5. The fraction of sp³-hybridized carbons (Fsp3) is 0.438. The number of nitrogens with one attached hydrogen (secondary N) is 1. The summed E-state index contributed by atoms with van der Waals surface area (Å²) in [7, 11) is 0. The van der Waals surface area contributed by atoms with Crippen LogP contribution in [-0.2, 0) is 6.54 Å². The first kappa shape index (κ1) is 13.8. The number of nitrogens with zero attached hydrogens (tertiary/aromatic N) is 4. The quantitative estimate of drug-likeness (QED) is 0.935. The molecule has 5 nitrogen and oxygen atoms in total. The van der Waals surface area contributed by atoms with Gasteiger partial charge in [-0.1, -0.05) is 6.07 Å². The smallest absolute Gasteiger partial charge is 0.225 e. The third-order valence-electron chi connectivity index (χ3n) is 3.67. The summed E-state index contributed by atoms with van der Waals surface area (Å²) in [6.07, 6.45) is 5.62. The number of hydrogen-bond acceptors (Lipinski definition) is 5. The zero-order valence-electron chi connectivity index (χ0n) is 12.4. The molecule has 0 unspecified atom stereocenters. The minimum Gasteiger partial charge on any atom is -0.356 e. The molecule has 1 aliphatic heterocycles. The Bertz CT molecular complexity index is 578. The lowest BCUT2D eigenvalue weighted by atomic mass is 10.1. The molecule has 1 aliphatic rings. The fourth-order valence-corrected chi connectivity index (χ4v) is 2.59. The zero-order valence-corrected chi connectivity index (χ0v) is 12.4. The average Bonchev–Trinajstić information content (AvgIpc) is 2.54. The predicted octanol–water partition coefficient (Wildman–Crippen LogP) is 2.78. The number of aryl methyl sites for hydroxylation is 1. The van der Waals surface area contributed by atoms with E-state index in [1.165, 1.54) is 19.3 Å². The normalized spacial score (nSPS) is 15.0. The number of anilines is 2. The van der Waals surface area contributed by atoms with E-state index >= 15 is 0 Å². The van der Waals surface area contributed by atoms with E-state index in [-0.39, 0.29) is 0 Å². The lowest BCUT2D eigenvalue weighted by molar-refractivity contribution is 0.573. The van der Waals surface area contributed by atoms with E-state index in [0.29, 0.717) is 12.5 Å². The molecule has 2 aromatic rings. The first-order valence-electron chi connectivity index (χ1n) is 7.56. The Morgan fingerprint density at radius 3 is 2.76 bits per heavy atom. The van der Waals surface area contributed by atoms with Crippen LogP contribution in [0.5, 0.6) is 0 Å². The molecule has 2 aromatic heterocycles. The van der Waals surface area contributed by atoms with Crippen LogP contribution in [0.3, 0.4) is 0 Å². The van der Waals surface area contributed by atoms with Crippen molar-refractivity contribution in [2.24, 2.45) is 0 Å². The van der Waals surface area contributed by atoms with Gasteiger partial charge in [-0.25, -0.2) is 4.98 Å². The van der Waals surface area contributed by atoms with Crippen LogP contribution in [0.15, 0.2) is 30.5 Å². The molecular formula is C16H21N5. The van der Waals surface area contributed by atoms with Crippen molar-refractivity contribution >= 4 is 11.8 Å². The van der Waals surface area contributed by atoms with Gasteiger partial charge in [0, 0.05) is 31.0 Å². The summed E-state index contributed by atoms with van der Waals surface area (Å²) in [4.78, 5) is 15.8. The summed E-state index contributed by atoms with van der Waals surface area (Å²) >= 11 is 0. The highest BCUT2D eigenvalue weighted by molar-refractivity contribution is 5.45. The van der Waals surface area contributed by atoms with E-state index < -0.39 is 0 Å². The Balaban J connectivity index is 1.71. The van der Waals surface area contributed by atoms with Gasteiger partial charge in [0.1, 0.15) is 5.82 Å². The van der Waals surface area contributed by atoms with Crippen LogP contribution < -0.4 is 10.2 Å². The van der Waals surface area contributed by atoms with Gasteiger partial charge in [-0.3, -0.25) is 4.98 Å². The summed E-state index contributed by atoms with van der Waals surface area (Å²) in [5, 5.41) is 3.27. The first-order valence-corrected chi connectivity index (χ1v) is 7.56. The van der Waals surface area contributed by atoms with Crippen molar-refractivity contribution in [1.82, 2.24) is 15.0 Å². The molecule has 3 heterocycles. The second-order valence-electron chi connectivity index (χ2n) is 5.41. The molecular weight excluding hydrogens is 262 g/mol. The predicted molar refractivity (Wildman–Crippen MR) is 84.4 cm³/mol. The van der Waals surface area contributed by atoms with Gasteiger partial charge in [-0.2, -0.15) is 4.98 Å². The Morgan fingerprint density at radius 1 is 1.14 bits per heavy atom. The molecule has 0 amide bonds. The van der Waals surface area contributed by atoms with Crippen LogP contribution in [0.2, 0.25) is 0 Å². The summed E-state index contributed by atoms with van der Waals surface area (Å²) in [6.45, 7) is 4.84. The largest absolute Gasteiger partial charge is 0.356 e. The van der Waals surface area contributed by atoms with E-state index in [9.17, 15) is 0 Å². The molecule has 0 saturated carbocycles. The number of piperidine rings is 1. The Hall–Kier alpha value is -2.17. The van der Waals surface area contributed by atoms with Crippen molar-refractivity contribution in [1.29, 1.82) is 0 Å². The van der Waals surface area contributed by atoms with Crippen molar-refractivity contribution in [2.75, 3.05) is 23.3 Å². The van der Waals surface area contributed by atoms with Crippen LogP contribution in [0, 0.1) is 6.92 Å². The fourth-order valence-electron chi connectivity index (χ4n) is 2.59. The third kappa shape index (κ3) is 3.68. The molecule has 110 valence electrons. The van der Waals surface area contributed by atoms with Gasteiger partial charge in [-0.15, -0.1) is 0 Å². The van der Waals surface area contributed by atoms with Gasteiger partial charge in [0.25, 0.3) is 0 Å². The minimum absolute atomic E-state index is 0.643. The number of pyridine rings is 1. The van der Waals surface area contributed by atoms with Gasteiger partial charge in [-0.05, 0) is 38.3 Å². The molecule has 5 heteroatoms. The Morgan fingerprint density at radius 2 is 2.00 bits per heavy atom. The third-order valence-corrected chi connectivity index (χ3v) is 3.67. The van der Waals surface area contributed by atoms with Crippen molar-refractivity contribution in [3.8, 4) is 0 Å². The molecule has 21 heavy (non-hydrogen) atoms. The molecule has 0 aliphatic carbocycles. The maximum atomic E-state index is 4.65. The lowest BCUT2D eigenvalue weighted by Gasteiger charge is -2.28. The van der Waals surface area contributed by atoms with Gasteiger partial charge in [0.2, 0.25) is 5.95 Å². The van der Waals surface area contributed by atoms with Gasteiger partial charge < -0.3 is 10.2 Å². The van der Waals surface area contributed by atoms with E-state index in [1.54, 1.807) is 6.20 Å². The Kier molecular flexibility index (Phi) is 4.28. The van der Waals surface area contributed by atoms with E-state index in [0.717, 1.165) is 30.3 Å². The number of rotatable bonds is 4. The van der Waals surface area contributed by atoms with Crippen LogP contribution >= 0.6 is 0 Å². The highest BCUT2D eigenvalue weighted by Crippen LogP contribution is 2.19. The van der Waals surface area contributed by atoms with Crippen molar-refractivity contribution in [2.45, 2.75) is 32.7 Å². The molecule has 0 aromatic carbocycles. The maximum Gasteiger partial charge on any atom is 0.225 e. The van der Waals surface area contributed by atoms with Crippen LogP contribution in [0.25, 0.3) is 0 Å². The summed E-state index contributed by atoms with van der Waals surface area (Å²) < 4.78 is 0. The van der Waals surface area contributed by atoms with Gasteiger partial charge >= 0.3 is 0 Å². The molecule has 0 spiro atoms. The topological polar surface area (TPSA) is 53.9 Å². The highest BCUT2D eigenvalue weighted by Gasteiger charge is 2.13. The average molecular weight is 283 g/mol. The highest BCUT2D eigenvalue weighted by atomic mass is 15.2. The molecule has 1 fully saturated rings. The minimum atomic E-state index is 0.643. The maximum absolute atomic E-state index is 4.65. The summed E-state index contributed by atoms with van der Waals surface area (Å²) in [5.41, 5.74) is 1.98. The molecule has 0 radical (unpaired) electrons. The molecule has 3 rings (SSSR count). The number of aromatic nitrogens is 3. The number of hydrogen-bond donors (Lipinski definition) is 1. The van der Waals surface area contributed by atoms with Crippen LogP contribution in [0.4, 0.5) is 11.8 Å². The van der Waals surface area contributed by atoms with E-state index in [4.69, 9.17) is 0 Å². The SMILES string of the molecule is Cc1cc(N2CCCCC2)nc(NCc2ccccn2)n1. The monoisotopic (exact) mass is 283 g/mol. The van der Waals surface area contributed by atoms with Crippen molar-refractivity contribution in [3.05, 3.63) is 41.9 Å². The van der Waals surface area contributed by atoms with E-state index in [1.807, 2.05) is 25.1 Å². The van der Waals surface area contributed by atoms with Crippen LogP contribution in [0.1, 0.15) is 30.7 Å². The van der Waals surface area contributed by atoms with Gasteiger partial charge in [0.05, 0.1) is 12.2 Å². The van der Waals surface area contributed by atoms with Crippen LogP contribution in [-0.4, -0.2) is 28.0 Å². The van der Waals surface area contributed by atoms with Crippen molar-refractivity contribution in [3.63, 3.8) is 0 Å². The second-order valence-corrected chi connectivity index (χ2v) is 5.41. The molecule has 0 bridgehead atoms. The second kappa shape index (κ2) is 6.52. The molecule has 0 atom stereocenters. The molecule has 1 saturated heterocycles. The summed E-state index contributed by atoms with van der Waals surface area (Å²) in [6, 6.07) is 7.97.